The maximum Gasteiger partial charge on any atom is 2.00 e. The van der Waals surface area contributed by atoms with Crippen LogP contribution < -0.4 is 18.9 Å². The molecule has 0 saturated carbocycles. The Morgan fingerprint density at radius 3 is 1.05 bits per heavy atom. The van der Waals surface area contributed by atoms with Crippen molar-refractivity contribution in [2.24, 2.45) is 0 Å². The van der Waals surface area contributed by atoms with Crippen molar-refractivity contribution in [2.45, 2.75) is 6.42 Å². The molecule has 0 aliphatic carbocycles. The standard InChI is InChI=1S/C32H25O3.C7H7O.W/c1-33-28-19-11-26(12-20-28)27-13-21-32(22-14-27)35-31-17-9-25(10-18-31)23-24-7-15-30(16-8-24)34-29-5-3-2-4-6-29;1-8-7-5-3-2-4-6-7;/h3-22H,23H2,1H3;3-6H,1H3;/q2*-1;+2. The summed E-state index contributed by atoms with van der Waals surface area (Å²) >= 11 is 0. The molecule has 5 heteroatoms. The minimum absolute atomic E-state index is 0. The first-order valence-corrected chi connectivity index (χ1v) is 13.9. The number of rotatable bonds is 9. The Morgan fingerprint density at radius 1 is 0.386 bits per heavy atom. The molecular weight excluding hydrogens is 716 g/mol. The minimum atomic E-state index is 0. The van der Waals surface area contributed by atoms with E-state index in [1.54, 1.807) is 14.2 Å². The van der Waals surface area contributed by atoms with Gasteiger partial charge >= 0.3 is 21.1 Å². The van der Waals surface area contributed by atoms with E-state index in [9.17, 15) is 0 Å². The summed E-state index contributed by atoms with van der Waals surface area (Å²) in [6, 6.07) is 53.3. The molecule has 0 heterocycles. The normalized spacial score (nSPS) is 9.95. The predicted octanol–water partition coefficient (Wildman–Crippen LogP) is 9.83. The summed E-state index contributed by atoms with van der Waals surface area (Å²) in [7, 11) is 3.32. The van der Waals surface area contributed by atoms with Crippen molar-refractivity contribution in [1.82, 2.24) is 0 Å². The molecule has 0 spiro atoms. The SMILES string of the molecule is COc1cc[c-]cc1.COc1ccc(-c2ccc(Oc3ccc(Cc4ccc(Oc5cc[c-]cc5)cc4)cc3)cc2)cc1.[W+2]. The third-order valence-electron chi connectivity index (χ3n) is 6.62. The van der Waals surface area contributed by atoms with Crippen LogP contribution in [0.5, 0.6) is 34.5 Å². The molecule has 218 valence electrons. The molecule has 0 saturated heterocycles. The molecule has 0 N–H and O–H groups in total. The second kappa shape index (κ2) is 16.7. The van der Waals surface area contributed by atoms with E-state index in [0.717, 1.165) is 52.0 Å². The van der Waals surface area contributed by atoms with E-state index in [0.29, 0.717) is 0 Å². The molecule has 0 aromatic heterocycles. The Hall–Kier alpha value is -4.79. The molecule has 0 atom stereocenters. The summed E-state index contributed by atoms with van der Waals surface area (Å²) in [5, 5.41) is 0. The first-order valence-electron chi connectivity index (χ1n) is 13.9. The summed E-state index contributed by atoms with van der Waals surface area (Å²) in [6.07, 6.45) is 0.845. The number of methoxy groups -OCH3 is 2. The van der Waals surface area contributed by atoms with Crippen LogP contribution in [0.25, 0.3) is 11.1 Å². The summed E-state index contributed by atoms with van der Waals surface area (Å²) in [6.45, 7) is 0. The van der Waals surface area contributed by atoms with Gasteiger partial charge in [-0.1, -0.05) is 48.5 Å². The summed E-state index contributed by atoms with van der Waals surface area (Å²) in [5.74, 6) is 4.98. The van der Waals surface area contributed by atoms with Crippen molar-refractivity contribution >= 4 is 0 Å². The van der Waals surface area contributed by atoms with Crippen LogP contribution >= 0.6 is 0 Å². The van der Waals surface area contributed by atoms with E-state index >= 15 is 0 Å². The van der Waals surface area contributed by atoms with E-state index in [2.05, 4.69) is 60.7 Å². The first-order chi connectivity index (χ1) is 21.2. The van der Waals surface area contributed by atoms with Crippen LogP contribution in [-0.2, 0) is 27.5 Å². The van der Waals surface area contributed by atoms with E-state index in [1.807, 2.05) is 97.1 Å². The molecule has 0 fully saturated rings. The molecule has 0 amide bonds. The van der Waals surface area contributed by atoms with Crippen LogP contribution in [0.15, 0.2) is 146 Å². The van der Waals surface area contributed by atoms with Gasteiger partial charge in [-0.25, -0.2) is 0 Å². The van der Waals surface area contributed by atoms with Crippen molar-refractivity contribution in [3.8, 4) is 45.6 Å². The molecule has 4 nitrogen and oxygen atoms in total. The van der Waals surface area contributed by atoms with Gasteiger partial charge in [-0.2, -0.15) is 36.4 Å². The fraction of sp³-hybridized carbons (Fsp3) is 0.0769. The van der Waals surface area contributed by atoms with Crippen molar-refractivity contribution in [3.63, 3.8) is 0 Å². The molecule has 0 bridgehead atoms. The Kier molecular flexibility index (Phi) is 12.2. The van der Waals surface area contributed by atoms with Crippen LogP contribution in [0.2, 0.25) is 0 Å². The third-order valence-corrected chi connectivity index (χ3v) is 6.62. The van der Waals surface area contributed by atoms with Gasteiger partial charge in [0.05, 0.1) is 14.2 Å². The minimum Gasteiger partial charge on any atom is -0.522 e. The molecule has 6 aromatic rings. The molecule has 0 aliphatic heterocycles. The van der Waals surface area contributed by atoms with E-state index in [1.165, 1.54) is 11.1 Å². The molecule has 0 unspecified atom stereocenters. The van der Waals surface area contributed by atoms with Gasteiger partial charge in [0.15, 0.2) is 0 Å². The zero-order chi connectivity index (χ0) is 29.7. The largest absolute Gasteiger partial charge is 2.00 e. The monoisotopic (exact) mass is 748 g/mol. The van der Waals surface area contributed by atoms with Crippen LogP contribution in [0.4, 0.5) is 0 Å². The van der Waals surface area contributed by atoms with Crippen molar-refractivity contribution < 1.29 is 40.0 Å². The van der Waals surface area contributed by atoms with Gasteiger partial charge in [0.2, 0.25) is 0 Å². The van der Waals surface area contributed by atoms with Gasteiger partial charge in [-0.15, -0.1) is 24.3 Å². The van der Waals surface area contributed by atoms with E-state index in [4.69, 9.17) is 18.9 Å². The first kappa shape index (κ1) is 32.1. The van der Waals surface area contributed by atoms with Gasteiger partial charge in [-0.3, -0.25) is 0 Å². The number of ether oxygens (including phenoxy) is 4. The Morgan fingerprint density at radius 2 is 0.682 bits per heavy atom. The van der Waals surface area contributed by atoms with Crippen LogP contribution in [0.1, 0.15) is 11.1 Å². The predicted molar refractivity (Wildman–Crippen MR) is 171 cm³/mol. The summed E-state index contributed by atoms with van der Waals surface area (Å²) in [5.41, 5.74) is 4.72. The molecule has 0 aliphatic rings. The maximum absolute atomic E-state index is 6.04. The Bertz CT molecular complexity index is 1650. The van der Waals surface area contributed by atoms with Gasteiger partial charge < -0.3 is 18.9 Å². The third kappa shape index (κ3) is 9.62. The number of hydrogen-bond donors (Lipinski definition) is 0. The average molecular weight is 749 g/mol. The fourth-order valence-electron chi connectivity index (χ4n) is 4.30. The van der Waals surface area contributed by atoms with Gasteiger partial charge in [-0.05, 0) is 77.2 Å². The smallest absolute Gasteiger partial charge is 0.522 e. The van der Waals surface area contributed by atoms with Crippen LogP contribution in [-0.4, -0.2) is 14.2 Å². The molecular formula is C39H32O4W. The second-order valence-electron chi connectivity index (χ2n) is 9.60. The van der Waals surface area contributed by atoms with Gasteiger partial charge in [0.25, 0.3) is 0 Å². The van der Waals surface area contributed by atoms with Crippen molar-refractivity contribution in [1.29, 1.82) is 0 Å². The van der Waals surface area contributed by atoms with Crippen LogP contribution in [0.3, 0.4) is 0 Å². The van der Waals surface area contributed by atoms with Gasteiger partial charge in [0, 0.05) is 11.5 Å². The molecule has 44 heavy (non-hydrogen) atoms. The second-order valence-corrected chi connectivity index (χ2v) is 9.60. The molecule has 6 aromatic carbocycles. The Balaban J connectivity index is 0.000000428. The van der Waals surface area contributed by atoms with Crippen molar-refractivity contribution in [2.75, 3.05) is 14.2 Å². The van der Waals surface area contributed by atoms with Gasteiger partial charge in [0.1, 0.15) is 23.0 Å². The van der Waals surface area contributed by atoms with E-state index < -0.39 is 0 Å². The summed E-state index contributed by atoms with van der Waals surface area (Å²) < 4.78 is 22.0. The number of hydrogen-bond acceptors (Lipinski definition) is 4. The Labute approximate surface area is 274 Å². The molecule has 6 rings (SSSR count). The summed E-state index contributed by atoms with van der Waals surface area (Å²) in [4.78, 5) is 0. The van der Waals surface area contributed by atoms with Crippen LogP contribution in [0, 0.1) is 12.1 Å². The molecule has 0 radical (unpaired) electrons. The average Bonchev–Trinajstić information content (AvgIpc) is 3.08. The zero-order valence-electron chi connectivity index (χ0n) is 24.6. The fourth-order valence-corrected chi connectivity index (χ4v) is 4.30. The van der Waals surface area contributed by atoms with E-state index in [-0.39, 0.29) is 21.1 Å². The quantitative estimate of drug-likeness (QED) is 0.138. The zero-order valence-corrected chi connectivity index (χ0v) is 27.5. The topological polar surface area (TPSA) is 36.9 Å². The number of benzene rings is 6. The van der Waals surface area contributed by atoms with Crippen molar-refractivity contribution in [3.05, 3.63) is 169 Å². The maximum atomic E-state index is 6.04.